The number of hydrogen-bond acceptors (Lipinski definition) is 4. The SMILES string of the molecule is Cc1ccc(-n2c(SCC(=O)NC3CCCCCC3)nc3ccccc3c2=O)cc1. The Bertz CT molecular complexity index is 1080. The van der Waals surface area contributed by atoms with Crippen LogP contribution in [0, 0.1) is 6.92 Å². The third-order valence-electron chi connectivity index (χ3n) is 5.59. The van der Waals surface area contributed by atoms with Crippen LogP contribution < -0.4 is 10.9 Å². The van der Waals surface area contributed by atoms with Crippen molar-refractivity contribution in [3.05, 3.63) is 64.4 Å². The number of fused-ring (bicyclic) bond motifs is 1. The zero-order chi connectivity index (χ0) is 20.9. The minimum Gasteiger partial charge on any atom is -0.353 e. The lowest BCUT2D eigenvalue weighted by molar-refractivity contribution is -0.119. The molecule has 3 aromatic rings. The Morgan fingerprint density at radius 2 is 1.77 bits per heavy atom. The van der Waals surface area contributed by atoms with Crippen LogP contribution in [0.4, 0.5) is 0 Å². The Morgan fingerprint density at radius 1 is 1.07 bits per heavy atom. The molecular formula is C24H27N3O2S. The number of rotatable bonds is 5. The van der Waals surface area contributed by atoms with Gasteiger partial charge in [0.15, 0.2) is 5.16 Å². The Morgan fingerprint density at radius 3 is 2.50 bits per heavy atom. The van der Waals surface area contributed by atoms with Gasteiger partial charge in [-0.2, -0.15) is 0 Å². The molecule has 0 spiro atoms. The maximum Gasteiger partial charge on any atom is 0.266 e. The molecule has 1 aliphatic carbocycles. The molecule has 1 amide bonds. The average molecular weight is 422 g/mol. The van der Waals surface area contributed by atoms with Crippen LogP contribution in [0.2, 0.25) is 0 Å². The Labute approximate surface area is 180 Å². The van der Waals surface area contributed by atoms with E-state index in [1.165, 1.54) is 37.4 Å². The van der Waals surface area contributed by atoms with Gasteiger partial charge in [0.1, 0.15) is 0 Å². The van der Waals surface area contributed by atoms with E-state index in [4.69, 9.17) is 4.98 Å². The topological polar surface area (TPSA) is 64.0 Å². The number of hydrogen-bond donors (Lipinski definition) is 1. The quantitative estimate of drug-likeness (QED) is 0.371. The summed E-state index contributed by atoms with van der Waals surface area (Å²) in [5.74, 6) is 0.248. The molecule has 1 saturated carbocycles. The first-order valence-corrected chi connectivity index (χ1v) is 11.6. The summed E-state index contributed by atoms with van der Waals surface area (Å²) in [6, 6.07) is 15.4. The minimum absolute atomic E-state index is 0.00441. The number of thioether (sulfide) groups is 1. The number of carbonyl (C=O) groups excluding carboxylic acids is 1. The number of para-hydroxylation sites is 1. The van der Waals surface area contributed by atoms with Gasteiger partial charge in [-0.25, -0.2) is 4.98 Å². The summed E-state index contributed by atoms with van der Waals surface area (Å²) in [4.78, 5) is 30.5. The van der Waals surface area contributed by atoms with Gasteiger partial charge in [0, 0.05) is 6.04 Å². The van der Waals surface area contributed by atoms with E-state index in [2.05, 4.69) is 5.32 Å². The third-order valence-corrected chi connectivity index (χ3v) is 6.53. The zero-order valence-corrected chi connectivity index (χ0v) is 18.1. The van der Waals surface area contributed by atoms with E-state index in [1.54, 1.807) is 10.6 Å². The maximum atomic E-state index is 13.2. The first-order valence-electron chi connectivity index (χ1n) is 10.6. The highest BCUT2D eigenvalue weighted by Crippen LogP contribution is 2.22. The van der Waals surface area contributed by atoms with E-state index in [0.29, 0.717) is 16.1 Å². The lowest BCUT2D eigenvalue weighted by atomic mass is 10.1. The average Bonchev–Trinajstić information content (AvgIpc) is 3.02. The van der Waals surface area contributed by atoms with Crippen molar-refractivity contribution in [3.8, 4) is 5.69 Å². The standard InChI is InChI=1S/C24H27N3O2S/c1-17-12-14-19(15-13-17)27-23(29)20-10-6-7-11-21(20)26-24(27)30-16-22(28)25-18-8-4-2-3-5-9-18/h6-7,10-15,18H,2-5,8-9,16H2,1H3,(H,25,28). The number of benzene rings is 2. The fourth-order valence-corrected chi connectivity index (χ4v) is 4.78. The molecule has 1 N–H and O–H groups in total. The van der Waals surface area contributed by atoms with Gasteiger partial charge in [0.05, 0.1) is 22.3 Å². The number of amides is 1. The highest BCUT2D eigenvalue weighted by molar-refractivity contribution is 7.99. The van der Waals surface area contributed by atoms with Gasteiger partial charge < -0.3 is 5.32 Å². The molecule has 0 atom stereocenters. The first kappa shape index (κ1) is 20.7. The summed E-state index contributed by atoms with van der Waals surface area (Å²) < 4.78 is 1.62. The lowest BCUT2D eigenvalue weighted by Gasteiger charge is -2.17. The molecule has 5 nitrogen and oxygen atoms in total. The van der Waals surface area contributed by atoms with Gasteiger partial charge in [-0.05, 0) is 44.0 Å². The molecule has 6 heteroatoms. The van der Waals surface area contributed by atoms with Crippen LogP contribution in [-0.2, 0) is 4.79 Å². The lowest BCUT2D eigenvalue weighted by Crippen LogP contribution is -2.35. The van der Waals surface area contributed by atoms with Crippen LogP contribution in [0.3, 0.4) is 0 Å². The van der Waals surface area contributed by atoms with E-state index >= 15 is 0 Å². The molecule has 1 fully saturated rings. The van der Waals surface area contributed by atoms with Crippen molar-refractivity contribution in [1.29, 1.82) is 0 Å². The molecule has 0 radical (unpaired) electrons. The van der Waals surface area contributed by atoms with E-state index in [9.17, 15) is 9.59 Å². The molecule has 0 bridgehead atoms. The number of aryl methyl sites for hydroxylation is 1. The monoisotopic (exact) mass is 421 g/mol. The zero-order valence-electron chi connectivity index (χ0n) is 17.3. The van der Waals surface area contributed by atoms with Crippen molar-refractivity contribution >= 4 is 28.6 Å². The van der Waals surface area contributed by atoms with Crippen molar-refractivity contribution in [2.45, 2.75) is 56.6 Å². The fraction of sp³-hybridized carbons (Fsp3) is 0.375. The van der Waals surface area contributed by atoms with Crippen molar-refractivity contribution < 1.29 is 4.79 Å². The molecule has 1 aliphatic rings. The highest BCUT2D eigenvalue weighted by atomic mass is 32.2. The highest BCUT2D eigenvalue weighted by Gasteiger charge is 2.17. The molecule has 0 aliphatic heterocycles. The van der Waals surface area contributed by atoms with Crippen molar-refractivity contribution in [1.82, 2.24) is 14.9 Å². The number of nitrogens with zero attached hydrogens (tertiary/aromatic N) is 2. The summed E-state index contributed by atoms with van der Waals surface area (Å²) in [6.45, 7) is 2.01. The van der Waals surface area contributed by atoms with Crippen LogP contribution in [0.25, 0.3) is 16.6 Å². The van der Waals surface area contributed by atoms with Gasteiger partial charge in [-0.3, -0.25) is 14.2 Å². The molecule has 1 heterocycles. The Balaban J connectivity index is 1.60. The van der Waals surface area contributed by atoms with Gasteiger partial charge in [-0.15, -0.1) is 0 Å². The predicted molar refractivity (Wildman–Crippen MR) is 122 cm³/mol. The number of nitrogens with one attached hydrogen (secondary N) is 1. The van der Waals surface area contributed by atoms with E-state index in [0.717, 1.165) is 24.1 Å². The smallest absolute Gasteiger partial charge is 0.266 e. The molecule has 0 unspecified atom stereocenters. The predicted octanol–water partition coefficient (Wildman–Crippen LogP) is 4.63. The van der Waals surface area contributed by atoms with Crippen LogP contribution >= 0.6 is 11.8 Å². The van der Waals surface area contributed by atoms with Gasteiger partial charge in [-0.1, -0.05) is 67.3 Å². The molecular weight excluding hydrogens is 394 g/mol. The van der Waals surface area contributed by atoms with Crippen molar-refractivity contribution in [2.75, 3.05) is 5.75 Å². The second-order valence-corrected chi connectivity index (χ2v) is 8.87. The summed E-state index contributed by atoms with van der Waals surface area (Å²) in [5, 5.41) is 4.29. The van der Waals surface area contributed by atoms with Crippen LogP contribution in [0.5, 0.6) is 0 Å². The summed E-state index contributed by atoms with van der Waals surface area (Å²) in [6.07, 6.45) is 6.97. The van der Waals surface area contributed by atoms with Gasteiger partial charge >= 0.3 is 0 Å². The van der Waals surface area contributed by atoms with E-state index in [-0.39, 0.29) is 23.3 Å². The maximum absolute atomic E-state index is 13.2. The molecule has 0 saturated heterocycles. The van der Waals surface area contributed by atoms with Crippen LogP contribution in [0.15, 0.2) is 58.5 Å². The van der Waals surface area contributed by atoms with Gasteiger partial charge in [0.25, 0.3) is 5.56 Å². The largest absolute Gasteiger partial charge is 0.353 e. The summed E-state index contributed by atoms with van der Waals surface area (Å²) in [7, 11) is 0. The molecule has 2 aromatic carbocycles. The molecule has 1 aromatic heterocycles. The second-order valence-electron chi connectivity index (χ2n) is 7.93. The van der Waals surface area contributed by atoms with Crippen molar-refractivity contribution in [2.24, 2.45) is 0 Å². The Kier molecular flexibility index (Phi) is 6.53. The number of aromatic nitrogens is 2. The molecule has 4 rings (SSSR count). The second kappa shape index (κ2) is 9.47. The Hall–Kier alpha value is -2.60. The van der Waals surface area contributed by atoms with Crippen LogP contribution in [-0.4, -0.2) is 27.3 Å². The van der Waals surface area contributed by atoms with Crippen molar-refractivity contribution in [3.63, 3.8) is 0 Å². The van der Waals surface area contributed by atoms with E-state index in [1.807, 2.05) is 49.4 Å². The molecule has 30 heavy (non-hydrogen) atoms. The third kappa shape index (κ3) is 4.75. The minimum atomic E-state index is -0.115. The first-order chi connectivity index (χ1) is 14.6. The van der Waals surface area contributed by atoms with Gasteiger partial charge in [0.2, 0.25) is 5.91 Å². The summed E-state index contributed by atoms with van der Waals surface area (Å²) in [5.41, 5.74) is 2.42. The number of carbonyl (C=O) groups is 1. The van der Waals surface area contributed by atoms with E-state index < -0.39 is 0 Å². The fourth-order valence-electron chi connectivity index (χ4n) is 3.95. The molecule has 156 valence electrons. The summed E-state index contributed by atoms with van der Waals surface area (Å²) >= 11 is 1.32. The normalized spacial score (nSPS) is 15.1. The van der Waals surface area contributed by atoms with Crippen LogP contribution in [0.1, 0.15) is 44.1 Å².